The van der Waals surface area contributed by atoms with Gasteiger partial charge in [-0.05, 0) is 17.7 Å². The second kappa shape index (κ2) is 5.31. The Bertz CT molecular complexity index is 289. The Balaban J connectivity index is 2.38. The van der Waals surface area contributed by atoms with E-state index in [-0.39, 0.29) is 12.5 Å². The number of aromatic nitrogens is 1. The van der Waals surface area contributed by atoms with E-state index in [0.717, 1.165) is 5.56 Å². The molecule has 1 amide bonds. The minimum atomic E-state index is -0.850. The zero-order valence-electron chi connectivity index (χ0n) is 7.68. The molecule has 0 bridgehead atoms. The number of pyridine rings is 1. The summed E-state index contributed by atoms with van der Waals surface area (Å²) >= 11 is 0. The lowest BCUT2D eigenvalue weighted by atomic mass is 10.2. The van der Waals surface area contributed by atoms with Gasteiger partial charge in [-0.3, -0.25) is 9.78 Å². The summed E-state index contributed by atoms with van der Waals surface area (Å²) in [5, 5.41) is 11.2. The molecule has 0 aliphatic heterocycles. The third kappa shape index (κ3) is 3.12. The highest BCUT2D eigenvalue weighted by molar-refractivity contribution is 5.81. The molecule has 0 spiro atoms. The van der Waals surface area contributed by atoms with E-state index in [1.807, 2.05) is 0 Å². The van der Waals surface area contributed by atoms with Gasteiger partial charge >= 0.3 is 0 Å². The van der Waals surface area contributed by atoms with Crippen molar-refractivity contribution < 1.29 is 9.90 Å². The second-order valence-electron chi connectivity index (χ2n) is 2.86. The molecule has 0 fully saturated rings. The summed E-state index contributed by atoms with van der Waals surface area (Å²) in [4.78, 5) is 15.0. The maximum atomic E-state index is 11.1. The summed E-state index contributed by atoms with van der Waals surface area (Å²) in [7, 11) is 0. The van der Waals surface area contributed by atoms with Crippen LogP contribution in [0.15, 0.2) is 24.5 Å². The number of carbonyl (C=O) groups excluding carboxylic acids is 1. The van der Waals surface area contributed by atoms with Crippen LogP contribution >= 0.6 is 0 Å². The lowest BCUT2D eigenvalue weighted by Crippen LogP contribution is -2.42. The molecule has 1 aromatic rings. The molecule has 1 rings (SSSR count). The Morgan fingerprint density at radius 2 is 2.21 bits per heavy atom. The quantitative estimate of drug-likeness (QED) is 0.576. The Morgan fingerprint density at radius 3 is 2.79 bits per heavy atom. The van der Waals surface area contributed by atoms with Crippen LogP contribution in [0, 0.1) is 0 Å². The molecule has 1 heterocycles. The predicted octanol–water partition coefficient (Wildman–Crippen LogP) is -0.983. The summed E-state index contributed by atoms with van der Waals surface area (Å²) < 4.78 is 0. The summed E-state index contributed by atoms with van der Waals surface area (Å²) in [6, 6.07) is 2.74. The highest BCUT2D eigenvalue weighted by Gasteiger charge is 2.10. The van der Waals surface area contributed by atoms with Gasteiger partial charge in [0.15, 0.2) is 0 Å². The van der Waals surface area contributed by atoms with E-state index in [1.165, 1.54) is 0 Å². The standard InChI is InChI=1S/C9H13N3O2/c10-8(6-13)9(14)12-5-7-1-3-11-4-2-7/h1-4,8,13H,5-6,10H2,(H,12,14). The summed E-state index contributed by atoms with van der Waals surface area (Å²) in [6.07, 6.45) is 3.29. The number of nitrogens with two attached hydrogens (primary N) is 1. The maximum absolute atomic E-state index is 11.1. The molecule has 1 atom stereocenters. The highest BCUT2D eigenvalue weighted by Crippen LogP contribution is 1.94. The monoisotopic (exact) mass is 195 g/mol. The molecule has 14 heavy (non-hydrogen) atoms. The van der Waals surface area contributed by atoms with Crippen LogP contribution in [0.1, 0.15) is 5.56 Å². The summed E-state index contributed by atoms with van der Waals surface area (Å²) in [5.41, 5.74) is 6.25. The van der Waals surface area contributed by atoms with E-state index < -0.39 is 6.04 Å². The molecule has 5 heteroatoms. The van der Waals surface area contributed by atoms with Crippen LogP contribution in [0.25, 0.3) is 0 Å². The van der Waals surface area contributed by atoms with Crippen LogP contribution in [-0.2, 0) is 11.3 Å². The molecular weight excluding hydrogens is 182 g/mol. The fraction of sp³-hybridized carbons (Fsp3) is 0.333. The van der Waals surface area contributed by atoms with Crippen molar-refractivity contribution in [3.8, 4) is 0 Å². The Morgan fingerprint density at radius 1 is 1.57 bits per heavy atom. The first-order valence-electron chi connectivity index (χ1n) is 4.27. The summed E-state index contributed by atoms with van der Waals surface area (Å²) in [5.74, 6) is -0.357. The number of aliphatic hydroxyl groups excluding tert-OH is 1. The zero-order valence-corrected chi connectivity index (χ0v) is 7.68. The van der Waals surface area contributed by atoms with Gasteiger partial charge in [0.2, 0.25) is 5.91 Å². The third-order valence-electron chi connectivity index (χ3n) is 1.75. The van der Waals surface area contributed by atoms with Crippen LogP contribution in [-0.4, -0.2) is 28.6 Å². The van der Waals surface area contributed by atoms with Gasteiger partial charge in [0.1, 0.15) is 6.04 Å². The van der Waals surface area contributed by atoms with E-state index in [1.54, 1.807) is 24.5 Å². The Labute approximate surface area is 82.0 Å². The number of nitrogens with zero attached hydrogens (tertiary/aromatic N) is 1. The molecule has 5 nitrogen and oxygen atoms in total. The molecule has 0 radical (unpaired) electrons. The highest BCUT2D eigenvalue weighted by atomic mass is 16.3. The van der Waals surface area contributed by atoms with Gasteiger partial charge in [-0.2, -0.15) is 0 Å². The van der Waals surface area contributed by atoms with E-state index in [9.17, 15) is 4.79 Å². The molecule has 1 aromatic heterocycles. The van der Waals surface area contributed by atoms with Gasteiger partial charge in [-0.15, -0.1) is 0 Å². The van der Waals surface area contributed by atoms with Gasteiger partial charge in [0.05, 0.1) is 6.61 Å². The fourth-order valence-electron chi connectivity index (χ4n) is 0.904. The number of nitrogens with one attached hydrogen (secondary N) is 1. The van der Waals surface area contributed by atoms with Crippen LogP contribution in [0.2, 0.25) is 0 Å². The first-order valence-corrected chi connectivity index (χ1v) is 4.27. The van der Waals surface area contributed by atoms with Crippen molar-refractivity contribution in [2.45, 2.75) is 12.6 Å². The van der Waals surface area contributed by atoms with Gasteiger partial charge < -0.3 is 16.2 Å². The Hall–Kier alpha value is -1.46. The van der Waals surface area contributed by atoms with Gasteiger partial charge in [-0.25, -0.2) is 0 Å². The molecule has 0 aliphatic rings. The molecule has 0 saturated carbocycles. The number of hydrogen-bond acceptors (Lipinski definition) is 4. The van der Waals surface area contributed by atoms with Gasteiger partial charge in [-0.1, -0.05) is 0 Å². The average Bonchev–Trinajstić information content (AvgIpc) is 2.26. The molecule has 1 unspecified atom stereocenters. The van der Waals surface area contributed by atoms with Crippen LogP contribution in [0.4, 0.5) is 0 Å². The smallest absolute Gasteiger partial charge is 0.239 e. The number of rotatable bonds is 4. The van der Waals surface area contributed by atoms with Crippen molar-refractivity contribution >= 4 is 5.91 Å². The van der Waals surface area contributed by atoms with E-state index in [0.29, 0.717) is 6.54 Å². The van der Waals surface area contributed by atoms with Crippen molar-refractivity contribution in [2.24, 2.45) is 5.73 Å². The van der Waals surface area contributed by atoms with E-state index >= 15 is 0 Å². The van der Waals surface area contributed by atoms with Crippen molar-refractivity contribution in [1.29, 1.82) is 0 Å². The second-order valence-corrected chi connectivity index (χ2v) is 2.86. The SMILES string of the molecule is NC(CO)C(=O)NCc1ccncc1. The number of carbonyl (C=O) groups is 1. The topological polar surface area (TPSA) is 88.2 Å². The zero-order chi connectivity index (χ0) is 10.4. The van der Waals surface area contributed by atoms with E-state index in [4.69, 9.17) is 10.8 Å². The predicted molar refractivity (Wildman–Crippen MR) is 51.1 cm³/mol. The largest absolute Gasteiger partial charge is 0.394 e. The lowest BCUT2D eigenvalue weighted by molar-refractivity contribution is -0.123. The average molecular weight is 195 g/mol. The minimum Gasteiger partial charge on any atom is -0.394 e. The third-order valence-corrected chi connectivity index (χ3v) is 1.75. The molecule has 0 aromatic carbocycles. The lowest BCUT2D eigenvalue weighted by Gasteiger charge is -2.08. The Kier molecular flexibility index (Phi) is 4.03. The van der Waals surface area contributed by atoms with Crippen LogP contribution < -0.4 is 11.1 Å². The molecule has 76 valence electrons. The minimum absolute atomic E-state index is 0.345. The van der Waals surface area contributed by atoms with Crippen molar-refractivity contribution in [2.75, 3.05) is 6.61 Å². The van der Waals surface area contributed by atoms with Gasteiger partial charge in [0, 0.05) is 18.9 Å². The first-order chi connectivity index (χ1) is 6.74. The van der Waals surface area contributed by atoms with Crippen LogP contribution in [0.3, 0.4) is 0 Å². The van der Waals surface area contributed by atoms with Crippen molar-refractivity contribution in [3.05, 3.63) is 30.1 Å². The summed E-state index contributed by atoms with van der Waals surface area (Å²) in [6.45, 7) is 0.0528. The fourth-order valence-corrected chi connectivity index (χ4v) is 0.904. The van der Waals surface area contributed by atoms with E-state index in [2.05, 4.69) is 10.3 Å². The normalized spacial score (nSPS) is 12.1. The number of aliphatic hydroxyl groups is 1. The molecule has 4 N–H and O–H groups in total. The number of hydrogen-bond donors (Lipinski definition) is 3. The maximum Gasteiger partial charge on any atom is 0.239 e. The van der Waals surface area contributed by atoms with Gasteiger partial charge in [0.25, 0.3) is 0 Å². The molecule has 0 aliphatic carbocycles. The van der Waals surface area contributed by atoms with Crippen molar-refractivity contribution in [1.82, 2.24) is 10.3 Å². The molecule has 0 saturated heterocycles. The number of amides is 1. The van der Waals surface area contributed by atoms with Crippen LogP contribution in [0.5, 0.6) is 0 Å². The first kappa shape index (κ1) is 10.6. The van der Waals surface area contributed by atoms with Crippen molar-refractivity contribution in [3.63, 3.8) is 0 Å². The molecular formula is C9H13N3O2.